The molecule has 13 heteroatoms. The number of amides is 4. The van der Waals surface area contributed by atoms with E-state index in [4.69, 9.17) is 11.5 Å². The molecule has 0 bridgehead atoms. The summed E-state index contributed by atoms with van der Waals surface area (Å²) in [6, 6.07) is 9.78. The third-order valence-electron chi connectivity index (χ3n) is 6.20. The third-order valence-corrected chi connectivity index (χ3v) is 6.20. The molecule has 3 aromatic rings. The zero-order valence-electron chi connectivity index (χ0n) is 21.6. The molecule has 0 fully saturated rings. The van der Waals surface area contributed by atoms with Gasteiger partial charge in [0, 0.05) is 36.4 Å². The van der Waals surface area contributed by atoms with Crippen LogP contribution in [0.5, 0.6) is 5.75 Å². The minimum atomic E-state index is -1.25. The van der Waals surface area contributed by atoms with Gasteiger partial charge in [0.05, 0.1) is 12.6 Å². The van der Waals surface area contributed by atoms with Crippen LogP contribution in [-0.4, -0.2) is 69.5 Å². The SMILES string of the molecule is NC(=O)CCC(N)C(=O)NC(Cc1ccc(O)cc1)C(=O)NCC(=O)NC(Cc1c[nH]c2ccccc12)C(=O)O. The van der Waals surface area contributed by atoms with Crippen LogP contribution in [-0.2, 0) is 36.8 Å². The Morgan fingerprint density at radius 3 is 2.27 bits per heavy atom. The summed E-state index contributed by atoms with van der Waals surface area (Å²) in [5.41, 5.74) is 13.0. The van der Waals surface area contributed by atoms with E-state index in [1.165, 1.54) is 12.1 Å². The predicted octanol–water partition coefficient (Wildman–Crippen LogP) is -0.578. The van der Waals surface area contributed by atoms with Crippen molar-refractivity contribution in [1.29, 1.82) is 0 Å². The molecule has 0 saturated carbocycles. The fraction of sp³-hybridized carbons (Fsp3) is 0.296. The second-order valence-corrected chi connectivity index (χ2v) is 9.28. The highest BCUT2D eigenvalue weighted by Gasteiger charge is 2.26. The van der Waals surface area contributed by atoms with Crippen LogP contribution >= 0.6 is 0 Å². The number of hydrogen-bond acceptors (Lipinski definition) is 7. The number of nitrogens with two attached hydrogens (primary N) is 2. The molecule has 2 aromatic carbocycles. The monoisotopic (exact) mass is 552 g/mol. The lowest BCUT2D eigenvalue weighted by atomic mass is 10.0. The number of H-pyrrole nitrogens is 1. The van der Waals surface area contributed by atoms with Crippen LogP contribution in [0.4, 0.5) is 0 Å². The van der Waals surface area contributed by atoms with Gasteiger partial charge in [-0.1, -0.05) is 30.3 Å². The van der Waals surface area contributed by atoms with Crippen molar-refractivity contribution >= 4 is 40.5 Å². The van der Waals surface area contributed by atoms with Crippen LogP contribution in [0, 0.1) is 0 Å². The number of phenolic OH excluding ortho intramolecular Hbond substituents is 1. The first-order valence-corrected chi connectivity index (χ1v) is 12.5. The summed E-state index contributed by atoms with van der Waals surface area (Å²) in [5.74, 6) is -4.02. The molecule has 3 atom stereocenters. The molecule has 4 amide bonds. The number of aromatic amines is 1. The molecule has 0 aliphatic carbocycles. The second kappa shape index (κ2) is 13.8. The van der Waals surface area contributed by atoms with Crippen molar-refractivity contribution in [3.05, 3.63) is 65.9 Å². The number of primary amides is 1. The van der Waals surface area contributed by atoms with Gasteiger partial charge in [-0.2, -0.15) is 0 Å². The van der Waals surface area contributed by atoms with Crippen LogP contribution in [0.15, 0.2) is 54.7 Å². The van der Waals surface area contributed by atoms with Crippen molar-refractivity contribution in [1.82, 2.24) is 20.9 Å². The number of nitrogens with one attached hydrogen (secondary N) is 4. The molecule has 212 valence electrons. The lowest BCUT2D eigenvalue weighted by Gasteiger charge is -2.21. The van der Waals surface area contributed by atoms with E-state index in [0.29, 0.717) is 11.1 Å². The topological polar surface area (TPSA) is 230 Å². The zero-order valence-corrected chi connectivity index (χ0v) is 21.6. The number of carbonyl (C=O) groups is 5. The molecule has 0 aliphatic rings. The number of carbonyl (C=O) groups excluding carboxylic acids is 4. The molecule has 1 aromatic heterocycles. The highest BCUT2D eigenvalue weighted by Crippen LogP contribution is 2.19. The summed E-state index contributed by atoms with van der Waals surface area (Å²) < 4.78 is 0. The molecule has 0 spiro atoms. The number of carboxylic acid groups (broad SMARTS) is 1. The van der Waals surface area contributed by atoms with Gasteiger partial charge in [-0.15, -0.1) is 0 Å². The van der Waals surface area contributed by atoms with E-state index in [0.717, 1.165) is 10.9 Å². The fourth-order valence-corrected chi connectivity index (χ4v) is 4.04. The van der Waals surface area contributed by atoms with E-state index in [2.05, 4.69) is 20.9 Å². The van der Waals surface area contributed by atoms with Crippen molar-refractivity contribution in [2.75, 3.05) is 6.54 Å². The van der Waals surface area contributed by atoms with Crippen LogP contribution in [0.1, 0.15) is 24.0 Å². The molecule has 3 unspecified atom stereocenters. The molecule has 1 heterocycles. The predicted molar refractivity (Wildman–Crippen MR) is 145 cm³/mol. The zero-order chi connectivity index (χ0) is 29.2. The number of phenols is 1. The van der Waals surface area contributed by atoms with E-state index in [-0.39, 0.29) is 31.4 Å². The lowest BCUT2D eigenvalue weighted by molar-refractivity contribution is -0.141. The number of hydrogen-bond donors (Lipinski definition) is 8. The Morgan fingerprint density at radius 2 is 1.60 bits per heavy atom. The summed E-state index contributed by atoms with van der Waals surface area (Å²) in [7, 11) is 0. The first-order chi connectivity index (χ1) is 19.0. The van der Waals surface area contributed by atoms with Crippen molar-refractivity contribution < 1.29 is 34.2 Å². The number of aromatic nitrogens is 1. The van der Waals surface area contributed by atoms with Gasteiger partial charge in [0.15, 0.2) is 0 Å². The van der Waals surface area contributed by atoms with Crippen LogP contribution in [0.2, 0.25) is 0 Å². The Morgan fingerprint density at radius 1 is 0.900 bits per heavy atom. The van der Waals surface area contributed by atoms with Gasteiger partial charge in [-0.05, 0) is 35.7 Å². The average molecular weight is 553 g/mol. The van der Waals surface area contributed by atoms with Crippen molar-refractivity contribution in [2.45, 2.75) is 43.8 Å². The number of aliphatic carboxylic acids is 1. The fourth-order valence-electron chi connectivity index (χ4n) is 4.04. The van der Waals surface area contributed by atoms with E-state index in [9.17, 15) is 34.2 Å². The number of aromatic hydroxyl groups is 1. The Balaban J connectivity index is 1.63. The Labute approximate surface area is 229 Å². The maximum atomic E-state index is 13.0. The molecule has 10 N–H and O–H groups in total. The van der Waals surface area contributed by atoms with Gasteiger partial charge in [0.25, 0.3) is 0 Å². The molecule has 3 rings (SSSR count). The van der Waals surface area contributed by atoms with Crippen LogP contribution in [0.25, 0.3) is 10.9 Å². The summed E-state index contributed by atoms with van der Waals surface area (Å²) in [4.78, 5) is 64.0. The van der Waals surface area contributed by atoms with Gasteiger partial charge in [-0.25, -0.2) is 4.79 Å². The largest absolute Gasteiger partial charge is 0.508 e. The number of fused-ring (bicyclic) bond motifs is 1. The second-order valence-electron chi connectivity index (χ2n) is 9.28. The van der Waals surface area contributed by atoms with Crippen LogP contribution in [0.3, 0.4) is 0 Å². The molecule has 13 nitrogen and oxygen atoms in total. The standard InChI is InChI=1S/C27H32N6O7/c28-19(9-10-23(29)35)25(37)33-21(11-15-5-7-17(34)8-6-15)26(38)31-14-24(36)32-22(27(39)40)12-16-13-30-20-4-2-1-3-18(16)20/h1-8,13,19,21-22,30,34H,9-12,14,28H2,(H2,29,35)(H,31,38)(H,32,36)(H,33,37)(H,39,40). The van der Waals surface area contributed by atoms with E-state index in [1.807, 2.05) is 24.3 Å². The maximum Gasteiger partial charge on any atom is 0.326 e. The quantitative estimate of drug-likeness (QED) is 0.129. The molecular formula is C27H32N6O7. The number of para-hydroxylation sites is 1. The summed E-state index contributed by atoms with van der Waals surface area (Å²) in [6.45, 7) is -0.549. The smallest absolute Gasteiger partial charge is 0.326 e. The minimum absolute atomic E-state index is 0.000324. The summed E-state index contributed by atoms with van der Waals surface area (Å²) in [5, 5.41) is 27.3. The Hall–Kier alpha value is -4.91. The number of carboxylic acids is 1. The van der Waals surface area contributed by atoms with E-state index in [1.54, 1.807) is 18.3 Å². The minimum Gasteiger partial charge on any atom is -0.508 e. The average Bonchev–Trinajstić information content (AvgIpc) is 3.33. The van der Waals surface area contributed by atoms with Crippen molar-refractivity contribution in [2.24, 2.45) is 11.5 Å². The number of rotatable bonds is 14. The van der Waals surface area contributed by atoms with Gasteiger partial charge >= 0.3 is 5.97 Å². The van der Waals surface area contributed by atoms with Gasteiger partial charge in [0.2, 0.25) is 23.6 Å². The van der Waals surface area contributed by atoms with Gasteiger partial charge < -0.3 is 42.6 Å². The Kier molecular flexibility index (Phi) is 10.2. The molecule has 0 radical (unpaired) electrons. The molecule has 40 heavy (non-hydrogen) atoms. The lowest BCUT2D eigenvalue weighted by Crippen LogP contribution is -2.54. The molecular weight excluding hydrogens is 520 g/mol. The van der Waals surface area contributed by atoms with Gasteiger partial charge in [0.1, 0.15) is 17.8 Å². The van der Waals surface area contributed by atoms with E-state index < -0.39 is 54.3 Å². The highest BCUT2D eigenvalue weighted by atomic mass is 16.4. The first-order valence-electron chi connectivity index (χ1n) is 12.5. The van der Waals surface area contributed by atoms with Gasteiger partial charge in [-0.3, -0.25) is 19.2 Å². The first kappa shape index (κ1) is 29.6. The molecule has 0 aliphatic heterocycles. The van der Waals surface area contributed by atoms with Crippen molar-refractivity contribution in [3.63, 3.8) is 0 Å². The third kappa shape index (κ3) is 8.56. The molecule has 0 saturated heterocycles. The van der Waals surface area contributed by atoms with Crippen molar-refractivity contribution in [3.8, 4) is 5.75 Å². The maximum absolute atomic E-state index is 13.0. The Bertz CT molecular complexity index is 1370. The van der Waals surface area contributed by atoms with E-state index >= 15 is 0 Å². The summed E-state index contributed by atoms with van der Waals surface area (Å²) >= 11 is 0. The summed E-state index contributed by atoms with van der Waals surface area (Å²) in [6.07, 6.45) is 1.55. The normalized spacial score (nSPS) is 13.1. The highest BCUT2D eigenvalue weighted by molar-refractivity contribution is 5.93. The number of benzene rings is 2. The van der Waals surface area contributed by atoms with Crippen LogP contribution < -0.4 is 27.4 Å².